The standard InChI is InChI=1S/C18H25N5O/c1-11-15-5-3-4-6-16(15)21-18(20-11)22-17(12-7-14(24)8-12)13-9-19-23(2)10-13/h9-10,12,14,17,24H,3-8H2,1-2H3,(H,20,21,22)/t12?,14?,17-/m0/s1. The van der Waals surface area contributed by atoms with Gasteiger partial charge < -0.3 is 10.4 Å². The van der Waals surface area contributed by atoms with Crippen LogP contribution in [0, 0.1) is 12.8 Å². The molecule has 0 bridgehead atoms. The molecule has 2 aromatic rings. The highest BCUT2D eigenvalue weighted by molar-refractivity contribution is 5.38. The van der Waals surface area contributed by atoms with Gasteiger partial charge in [0.25, 0.3) is 0 Å². The zero-order valence-corrected chi connectivity index (χ0v) is 14.4. The molecule has 0 unspecified atom stereocenters. The molecule has 6 heteroatoms. The first-order chi connectivity index (χ1) is 11.6. The highest BCUT2D eigenvalue weighted by Crippen LogP contribution is 2.39. The number of anilines is 1. The molecule has 0 saturated heterocycles. The van der Waals surface area contributed by atoms with Gasteiger partial charge in [0.1, 0.15) is 0 Å². The van der Waals surface area contributed by atoms with E-state index in [0.717, 1.165) is 36.9 Å². The van der Waals surface area contributed by atoms with Gasteiger partial charge in [-0.2, -0.15) is 5.10 Å². The Balaban J connectivity index is 1.61. The third kappa shape index (κ3) is 2.90. The summed E-state index contributed by atoms with van der Waals surface area (Å²) in [5.41, 5.74) is 4.77. The number of aliphatic hydroxyl groups is 1. The Morgan fingerprint density at radius 1 is 1.25 bits per heavy atom. The summed E-state index contributed by atoms with van der Waals surface area (Å²) < 4.78 is 1.82. The van der Waals surface area contributed by atoms with E-state index in [1.54, 1.807) is 0 Å². The van der Waals surface area contributed by atoms with Crippen LogP contribution in [0.15, 0.2) is 12.4 Å². The minimum atomic E-state index is -0.179. The van der Waals surface area contributed by atoms with Gasteiger partial charge in [0.05, 0.1) is 18.3 Å². The summed E-state index contributed by atoms with van der Waals surface area (Å²) in [5, 5.41) is 17.5. The Hall–Kier alpha value is -1.95. The van der Waals surface area contributed by atoms with Crippen LogP contribution < -0.4 is 5.32 Å². The third-order valence-corrected chi connectivity index (χ3v) is 5.38. The van der Waals surface area contributed by atoms with Gasteiger partial charge in [0.15, 0.2) is 0 Å². The average molecular weight is 327 g/mol. The van der Waals surface area contributed by atoms with Gasteiger partial charge in [-0.15, -0.1) is 0 Å². The van der Waals surface area contributed by atoms with Crippen LogP contribution in [-0.4, -0.2) is 31.0 Å². The van der Waals surface area contributed by atoms with E-state index < -0.39 is 0 Å². The SMILES string of the molecule is Cc1nc(N[C@H](c2cnn(C)c2)C2CC(O)C2)nc2c1CCCC2. The molecular formula is C18H25N5O. The summed E-state index contributed by atoms with van der Waals surface area (Å²) in [6.45, 7) is 2.09. The lowest BCUT2D eigenvalue weighted by molar-refractivity contribution is 0.0338. The van der Waals surface area contributed by atoms with E-state index in [1.165, 1.54) is 24.1 Å². The number of nitrogens with one attached hydrogen (secondary N) is 1. The van der Waals surface area contributed by atoms with Gasteiger partial charge in [-0.1, -0.05) is 0 Å². The number of fused-ring (bicyclic) bond motifs is 1. The predicted molar refractivity (Wildman–Crippen MR) is 91.7 cm³/mol. The molecule has 2 N–H and O–H groups in total. The first kappa shape index (κ1) is 15.6. The van der Waals surface area contributed by atoms with Crippen molar-refractivity contribution in [2.75, 3.05) is 5.32 Å². The Morgan fingerprint density at radius 3 is 2.75 bits per heavy atom. The second-order valence-corrected chi connectivity index (χ2v) is 7.22. The fraction of sp³-hybridized carbons (Fsp3) is 0.611. The molecule has 2 aliphatic rings. The van der Waals surface area contributed by atoms with Crippen LogP contribution in [0.4, 0.5) is 5.95 Å². The summed E-state index contributed by atoms with van der Waals surface area (Å²) in [6.07, 6.45) is 9.98. The van der Waals surface area contributed by atoms with E-state index >= 15 is 0 Å². The maximum Gasteiger partial charge on any atom is 0.223 e. The van der Waals surface area contributed by atoms with E-state index in [9.17, 15) is 5.11 Å². The Morgan fingerprint density at radius 2 is 2.04 bits per heavy atom. The summed E-state index contributed by atoms with van der Waals surface area (Å²) in [4.78, 5) is 9.50. The van der Waals surface area contributed by atoms with Crippen molar-refractivity contribution < 1.29 is 5.11 Å². The molecule has 6 nitrogen and oxygen atoms in total. The number of hydrogen-bond acceptors (Lipinski definition) is 5. The monoisotopic (exact) mass is 327 g/mol. The van der Waals surface area contributed by atoms with Gasteiger partial charge in [-0.3, -0.25) is 4.68 Å². The highest BCUT2D eigenvalue weighted by Gasteiger charge is 2.36. The molecule has 0 radical (unpaired) electrons. The molecule has 2 aromatic heterocycles. The first-order valence-electron chi connectivity index (χ1n) is 8.89. The van der Waals surface area contributed by atoms with Crippen molar-refractivity contribution in [3.05, 3.63) is 34.9 Å². The Labute approximate surface area is 142 Å². The highest BCUT2D eigenvalue weighted by atomic mass is 16.3. The van der Waals surface area contributed by atoms with Gasteiger partial charge in [0.2, 0.25) is 5.95 Å². The van der Waals surface area contributed by atoms with Crippen molar-refractivity contribution in [1.82, 2.24) is 19.7 Å². The molecule has 0 aromatic carbocycles. The zero-order valence-electron chi connectivity index (χ0n) is 14.4. The van der Waals surface area contributed by atoms with Crippen molar-refractivity contribution in [2.45, 2.75) is 57.6 Å². The Kier molecular flexibility index (Phi) is 4.00. The normalized spacial score (nSPS) is 24.1. The number of aliphatic hydroxyl groups excluding tert-OH is 1. The van der Waals surface area contributed by atoms with E-state index in [2.05, 4.69) is 17.3 Å². The molecule has 2 heterocycles. The maximum absolute atomic E-state index is 9.71. The summed E-state index contributed by atoms with van der Waals surface area (Å²) in [7, 11) is 1.93. The largest absolute Gasteiger partial charge is 0.393 e. The lowest BCUT2D eigenvalue weighted by Gasteiger charge is -2.37. The van der Waals surface area contributed by atoms with Crippen LogP contribution >= 0.6 is 0 Å². The van der Waals surface area contributed by atoms with Crippen molar-refractivity contribution in [1.29, 1.82) is 0 Å². The number of rotatable bonds is 4. The fourth-order valence-corrected chi connectivity index (χ4v) is 3.96. The van der Waals surface area contributed by atoms with E-state index in [-0.39, 0.29) is 12.1 Å². The van der Waals surface area contributed by atoms with Gasteiger partial charge in [-0.05, 0) is 56.9 Å². The molecule has 1 saturated carbocycles. The number of aromatic nitrogens is 4. The molecule has 1 fully saturated rings. The molecule has 128 valence electrons. The summed E-state index contributed by atoms with van der Waals surface area (Å²) in [6, 6.07) is 0.100. The number of nitrogens with zero attached hydrogens (tertiary/aromatic N) is 4. The minimum absolute atomic E-state index is 0.100. The average Bonchev–Trinajstić information content (AvgIpc) is 2.96. The molecule has 0 aliphatic heterocycles. The second kappa shape index (κ2) is 6.16. The van der Waals surface area contributed by atoms with Gasteiger partial charge in [-0.25, -0.2) is 9.97 Å². The van der Waals surface area contributed by atoms with Crippen molar-refractivity contribution >= 4 is 5.95 Å². The lowest BCUT2D eigenvalue weighted by Crippen LogP contribution is -2.36. The zero-order chi connectivity index (χ0) is 16.7. The molecule has 0 amide bonds. The molecule has 24 heavy (non-hydrogen) atoms. The quantitative estimate of drug-likeness (QED) is 0.901. The van der Waals surface area contributed by atoms with Gasteiger partial charge >= 0.3 is 0 Å². The van der Waals surface area contributed by atoms with Crippen LogP contribution in [0.2, 0.25) is 0 Å². The maximum atomic E-state index is 9.71. The number of hydrogen-bond donors (Lipinski definition) is 2. The van der Waals surface area contributed by atoms with Crippen LogP contribution in [0.3, 0.4) is 0 Å². The third-order valence-electron chi connectivity index (χ3n) is 5.38. The Bertz CT molecular complexity index is 735. The lowest BCUT2D eigenvalue weighted by atomic mass is 9.75. The van der Waals surface area contributed by atoms with Crippen LogP contribution in [0.25, 0.3) is 0 Å². The van der Waals surface area contributed by atoms with Crippen LogP contribution in [0.5, 0.6) is 0 Å². The van der Waals surface area contributed by atoms with Crippen LogP contribution in [-0.2, 0) is 19.9 Å². The summed E-state index contributed by atoms with van der Waals surface area (Å²) >= 11 is 0. The van der Waals surface area contributed by atoms with Crippen molar-refractivity contribution in [2.24, 2.45) is 13.0 Å². The smallest absolute Gasteiger partial charge is 0.223 e. The second-order valence-electron chi connectivity index (χ2n) is 7.22. The molecule has 0 spiro atoms. The van der Waals surface area contributed by atoms with E-state index in [0.29, 0.717) is 11.9 Å². The van der Waals surface area contributed by atoms with Gasteiger partial charge in [0, 0.05) is 30.2 Å². The van der Waals surface area contributed by atoms with Crippen molar-refractivity contribution in [3.63, 3.8) is 0 Å². The number of aryl methyl sites for hydroxylation is 3. The summed E-state index contributed by atoms with van der Waals surface area (Å²) in [5.74, 6) is 1.10. The predicted octanol–water partition coefficient (Wildman–Crippen LogP) is 2.32. The minimum Gasteiger partial charge on any atom is -0.393 e. The fourth-order valence-electron chi connectivity index (χ4n) is 3.96. The topological polar surface area (TPSA) is 75.9 Å². The van der Waals surface area contributed by atoms with E-state index in [1.807, 2.05) is 24.1 Å². The van der Waals surface area contributed by atoms with E-state index in [4.69, 9.17) is 9.97 Å². The molecule has 2 aliphatic carbocycles. The van der Waals surface area contributed by atoms with Crippen LogP contribution in [0.1, 0.15) is 54.2 Å². The van der Waals surface area contributed by atoms with Crippen molar-refractivity contribution in [3.8, 4) is 0 Å². The molecule has 4 rings (SSSR count). The molecule has 1 atom stereocenters. The molecular weight excluding hydrogens is 302 g/mol. The first-order valence-corrected chi connectivity index (χ1v) is 8.89.